The molecule has 3 N–H and O–H groups in total. The lowest BCUT2D eigenvalue weighted by Gasteiger charge is -2.22. The number of nitrogens with zero attached hydrogens (tertiary/aromatic N) is 2. The molecule has 0 aromatic carbocycles. The Kier molecular flexibility index (Phi) is 3.81. The van der Waals surface area contributed by atoms with Gasteiger partial charge >= 0.3 is 0 Å². The predicted molar refractivity (Wildman–Crippen MR) is 72.2 cm³/mol. The Bertz CT molecular complexity index is 441. The molecule has 1 saturated heterocycles. The number of nitrogens with two attached hydrogens (primary N) is 1. The largest absolute Gasteiger partial charge is 0.384 e. The van der Waals surface area contributed by atoms with E-state index in [0.717, 1.165) is 43.1 Å². The van der Waals surface area contributed by atoms with Crippen molar-refractivity contribution in [3.05, 3.63) is 23.4 Å². The van der Waals surface area contributed by atoms with E-state index in [1.54, 1.807) is 0 Å². The Hall–Kier alpha value is -1.62. The monoisotopic (exact) mass is 248 g/mol. The van der Waals surface area contributed by atoms with Crippen molar-refractivity contribution in [1.82, 2.24) is 4.98 Å². The third-order valence-electron chi connectivity index (χ3n) is 3.14. The van der Waals surface area contributed by atoms with Gasteiger partial charge in [-0.1, -0.05) is 0 Å². The molecular weight excluding hydrogens is 228 g/mol. The summed E-state index contributed by atoms with van der Waals surface area (Å²) in [6.45, 7) is 3.60. The first-order valence-corrected chi connectivity index (χ1v) is 6.22. The average Bonchev–Trinajstić information content (AvgIpc) is 2.80. The molecule has 0 bridgehead atoms. The van der Waals surface area contributed by atoms with Gasteiger partial charge in [-0.3, -0.25) is 5.41 Å². The lowest BCUT2D eigenvalue weighted by Crippen LogP contribution is -2.29. The Morgan fingerprint density at radius 2 is 2.39 bits per heavy atom. The molecule has 5 heteroatoms. The summed E-state index contributed by atoms with van der Waals surface area (Å²) in [5.41, 5.74) is 7.12. The second-order valence-corrected chi connectivity index (χ2v) is 4.78. The van der Waals surface area contributed by atoms with E-state index in [1.165, 1.54) is 0 Å². The number of aryl methyl sites for hydroxylation is 1. The number of nitrogen functional groups attached to an aromatic ring is 1. The Balaban J connectivity index is 2.13. The molecule has 5 nitrogen and oxygen atoms in total. The van der Waals surface area contributed by atoms with E-state index >= 15 is 0 Å². The molecule has 0 amide bonds. The molecule has 1 unspecified atom stereocenters. The summed E-state index contributed by atoms with van der Waals surface area (Å²) in [4.78, 5) is 6.54. The van der Waals surface area contributed by atoms with Gasteiger partial charge in [0.05, 0.1) is 6.10 Å². The Labute approximate surface area is 107 Å². The zero-order chi connectivity index (χ0) is 13.1. The topological polar surface area (TPSA) is 75.2 Å². The SMILES string of the molecule is Cc1cc(C(=N)N)cc(N(C)CC2CCCO2)n1. The van der Waals surface area contributed by atoms with Gasteiger partial charge in [0.25, 0.3) is 0 Å². The van der Waals surface area contributed by atoms with Gasteiger partial charge < -0.3 is 15.4 Å². The summed E-state index contributed by atoms with van der Waals surface area (Å²) in [6.07, 6.45) is 2.53. The molecule has 18 heavy (non-hydrogen) atoms. The highest BCUT2D eigenvalue weighted by molar-refractivity contribution is 5.95. The number of likely N-dealkylation sites (N-methyl/N-ethyl adjacent to an activating group) is 1. The zero-order valence-electron chi connectivity index (χ0n) is 10.9. The molecule has 0 saturated carbocycles. The third kappa shape index (κ3) is 2.98. The molecule has 1 atom stereocenters. The van der Waals surface area contributed by atoms with Crippen LogP contribution in [0, 0.1) is 12.3 Å². The number of rotatable bonds is 4. The fraction of sp³-hybridized carbons (Fsp3) is 0.538. The molecular formula is C13H20N4O. The molecule has 2 heterocycles. The van der Waals surface area contributed by atoms with Gasteiger partial charge in [0.15, 0.2) is 0 Å². The quantitative estimate of drug-likeness (QED) is 0.622. The summed E-state index contributed by atoms with van der Waals surface area (Å²) in [5, 5.41) is 7.50. The highest BCUT2D eigenvalue weighted by Gasteiger charge is 2.18. The van der Waals surface area contributed by atoms with Gasteiger partial charge in [-0.2, -0.15) is 0 Å². The van der Waals surface area contributed by atoms with Crippen LogP contribution < -0.4 is 10.6 Å². The number of nitrogens with one attached hydrogen (secondary N) is 1. The molecule has 0 aliphatic carbocycles. The Morgan fingerprint density at radius 3 is 3.00 bits per heavy atom. The maximum Gasteiger partial charge on any atom is 0.129 e. The van der Waals surface area contributed by atoms with Crippen LogP contribution in [0.4, 0.5) is 5.82 Å². The second kappa shape index (κ2) is 5.35. The number of aromatic nitrogens is 1. The first-order valence-electron chi connectivity index (χ1n) is 6.22. The molecule has 1 aromatic rings. The van der Waals surface area contributed by atoms with Crippen molar-refractivity contribution in [2.75, 3.05) is 25.1 Å². The van der Waals surface area contributed by atoms with Crippen LogP contribution in [0.1, 0.15) is 24.1 Å². The number of anilines is 1. The maximum atomic E-state index is 7.50. The van der Waals surface area contributed by atoms with Gasteiger partial charge in [-0.05, 0) is 31.9 Å². The average molecular weight is 248 g/mol. The van der Waals surface area contributed by atoms with Gasteiger partial charge in [-0.15, -0.1) is 0 Å². The van der Waals surface area contributed by atoms with Crippen LogP contribution in [-0.2, 0) is 4.74 Å². The van der Waals surface area contributed by atoms with Crippen molar-refractivity contribution >= 4 is 11.7 Å². The van der Waals surface area contributed by atoms with E-state index in [-0.39, 0.29) is 11.9 Å². The molecule has 0 spiro atoms. The van der Waals surface area contributed by atoms with Crippen LogP contribution in [0.5, 0.6) is 0 Å². The highest BCUT2D eigenvalue weighted by Crippen LogP contribution is 2.18. The predicted octanol–water partition coefficient (Wildman–Crippen LogP) is 1.29. The normalized spacial score (nSPS) is 18.9. The van der Waals surface area contributed by atoms with Gasteiger partial charge in [0.2, 0.25) is 0 Å². The van der Waals surface area contributed by atoms with Crippen LogP contribution in [-0.4, -0.2) is 37.1 Å². The Morgan fingerprint density at radius 1 is 1.61 bits per heavy atom. The van der Waals surface area contributed by atoms with Crippen molar-refractivity contribution < 1.29 is 4.74 Å². The van der Waals surface area contributed by atoms with Crippen molar-refractivity contribution in [2.24, 2.45) is 5.73 Å². The number of amidine groups is 1. The van der Waals surface area contributed by atoms with Gasteiger partial charge in [0, 0.05) is 31.5 Å². The first-order chi connectivity index (χ1) is 8.56. The molecule has 1 aliphatic heterocycles. The minimum Gasteiger partial charge on any atom is -0.384 e. The van der Waals surface area contributed by atoms with Gasteiger partial charge in [-0.25, -0.2) is 4.98 Å². The van der Waals surface area contributed by atoms with Gasteiger partial charge in [0.1, 0.15) is 11.7 Å². The fourth-order valence-electron chi connectivity index (χ4n) is 2.19. The summed E-state index contributed by atoms with van der Waals surface area (Å²) in [5.74, 6) is 0.919. The third-order valence-corrected chi connectivity index (χ3v) is 3.14. The van der Waals surface area contributed by atoms with Crippen LogP contribution in [0.25, 0.3) is 0 Å². The van der Waals surface area contributed by atoms with Crippen LogP contribution >= 0.6 is 0 Å². The zero-order valence-corrected chi connectivity index (χ0v) is 10.9. The van der Waals surface area contributed by atoms with Crippen molar-refractivity contribution in [2.45, 2.75) is 25.9 Å². The maximum absolute atomic E-state index is 7.50. The molecule has 1 fully saturated rings. The van der Waals surface area contributed by atoms with Crippen LogP contribution in [0.15, 0.2) is 12.1 Å². The minimum atomic E-state index is 0.0762. The number of ether oxygens (including phenoxy) is 1. The first kappa shape index (κ1) is 12.8. The standard InChI is InChI=1S/C13H20N4O/c1-9-6-10(13(14)15)7-12(16-9)17(2)8-11-4-3-5-18-11/h6-7,11H,3-5,8H2,1-2H3,(H3,14,15). The second-order valence-electron chi connectivity index (χ2n) is 4.78. The van der Waals surface area contributed by atoms with Crippen LogP contribution in [0.3, 0.4) is 0 Å². The number of pyridine rings is 1. The minimum absolute atomic E-state index is 0.0762. The lowest BCUT2D eigenvalue weighted by molar-refractivity contribution is 0.116. The number of hydrogen-bond acceptors (Lipinski definition) is 4. The molecule has 2 rings (SSSR count). The molecule has 1 aromatic heterocycles. The summed E-state index contributed by atoms with van der Waals surface area (Å²) in [6, 6.07) is 3.68. The fourth-order valence-corrected chi connectivity index (χ4v) is 2.19. The molecule has 1 aliphatic rings. The molecule has 0 radical (unpaired) electrons. The summed E-state index contributed by atoms with van der Waals surface area (Å²) in [7, 11) is 1.99. The number of hydrogen-bond donors (Lipinski definition) is 2. The summed E-state index contributed by atoms with van der Waals surface area (Å²) >= 11 is 0. The van der Waals surface area contributed by atoms with E-state index < -0.39 is 0 Å². The smallest absolute Gasteiger partial charge is 0.129 e. The molecule has 98 valence electrons. The van der Waals surface area contributed by atoms with Crippen molar-refractivity contribution in [3.8, 4) is 0 Å². The van der Waals surface area contributed by atoms with E-state index in [0.29, 0.717) is 0 Å². The lowest BCUT2D eigenvalue weighted by atomic mass is 10.2. The van der Waals surface area contributed by atoms with E-state index in [4.69, 9.17) is 15.9 Å². The van der Waals surface area contributed by atoms with E-state index in [2.05, 4.69) is 9.88 Å². The van der Waals surface area contributed by atoms with Crippen LogP contribution in [0.2, 0.25) is 0 Å². The van der Waals surface area contributed by atoms with E-state index in [9.17, 15) is 0 Å². The highest BCUT2D eigenvalue weighted by atomic mass is 16.5. The van der Waals surface area contributed by atoms with Crippen molar-refractivity contribution in [1.29, 1.82) is 5.41 Å². The van der Waals surface area contributed by atoms with E-state index in [1.807, 2.05) is 26.1 Å². The van der Waals surface area contributed by atoms with Crippen molar-refractivity contribution in [3.63, 3.8) is 0 Å². The summed E-state index contributed by atoms with van der Waals surface area (Å²) < 4.78 is 5.62.